The molecule has 1 heterocycles. The van der Waals surface area contributed by atoms with Crippen molar-refractivity contribution in [3.8, 4) is 10.4 Å². The van der Waals surface area contributed by atoms with Gasteiger partial charge in [0, 0.05) is 12.7 Å². The van der Waals surface area contributed by atoms with Crippen molar-refractivity contribution in [2.24, 2.45) is 0 Å². The number of urea groups is 1. The number of thiazole rings is 1. The number of anilines is 1. The fourth-order valence-electron chi connectivity index (χ4n) is 2.69. The summed E-state index contributed by atoms with van der Waals surface area (Å²) in [4.78, 5) is 17.3. The first kappa shape index (κ1) is 18.4. The Kier molecular flexibility index (Phi) is 6.75. The lowest BCUT2D eigenvalue weighted by Crippen LogP contribution is -2.44. The number of benzene rings is 1. The number of aromatic nitrogens is 1. The normalized spacial score (nSPS) is 11.3. The van der Waals surface area contributed by atoms with Gasteiger partial charge in [0.15, 0.2) is 5.13 Å². The number of nitrogens with one attached hydrogen (secondary N) is 2. The van der Waals surface area contributed by atoms with Gasteiger partial charge in [-0.25, -0.2) is 9.78 Å². The van der Waals surface area contributed by atoms with E-state index < -0.39 is 5.60 Å². The molecule has 0 atom stereocenters. The van der Waals surface area contributed by atoms with Crippen LogP contribution in [0.15, 0.2) is 36.5 Å². The van der Waals surface area contributed by atoms with Crippen molar-refractivity contribution in [3.63, 3.8) is 0 Å². The third-order valence-corrected chi connectivity index (χ3v) is 4.76. The Morgan fingerprint density at radius 3 is 2.50 bits per heavy atom. The van der Waals surface area contributed by atoms with Gasteiger partial charge in [0.2, 0.25) is 0 Å². The van der Waals surface area contributed by atoms with E-state index >= 15 is 0 Å². The molecule has 0 radical (unpaired) electrons. The van der Waals surface area contributed by atoms with Crippen LogP contribution in [-0.4, -0.2) is 28.3 Å². The van der Waals surface area contributed by atoms with Crippen LogP contribution in [0.2, 0.25) is 0 Å². The molecule has 0 saturated heterocycles. The van der Waals surface area contributed by atoms with E-state index in [1.54, 1.807) is 6.20 Å². The van der Waals surface area contributed by atoms with Crippen LogP contribution in [0.3, 0.4) is 0 Å². The molecule has 0 spiro atoms. The summed E-state index contributed by atoms with van der Waals surface area (Å²) in [5.41, 5.74) is 0.238. The maximum Gasteiger partial charge on any atom is 0.321 e. The molecule has 0 bridgehead atoms. The lowest BCUT2D eigenvalue weighted by molar-refractivity contribution is 0.0245. The average Bonchev–Trinajstić information content (AvgIpc) is 3.03. The van der Waals surface area contributed by atoms with Crippen LogP contribution in [0.5, 0.6) is 0 Å². The van der Waals surface area contributed by atoms with Crippen LogP contribution >= 0.6 is 11.3 Å². The highest BCUT2D eigenvalue weighted by molar-refractivity contribution is 7.19. The maximum atomic E-state index is 12.0. The summed E-state index contributed by atoms with van der Waals surface area (Å²) in [6.07, 6.45) is 4.87. The van der Waals surface area contributed by atoms with Crippen LogP contribution in [0.1, 0.15) is 39.5 Å². The molecule has 1 aromatic heterocycles. The van der Waals surface area contributed by atoms with Crippen molar-refractivity contribution >= 4 is 22.5 Å². The van der Waals surface area contributed by atoms with Gasteiger partial charge in [0.05, 0.1) is 10.5 Å². The Balaban J connectivity index is 1.90. The number of hydrogen-bond acceptors (Lipinski definition) is 4. The molecule has 3 N–H and O–H groups in total. The standard InChI is InChI=1S/C18H25N3O2S/c1-3-10-18(23,11-4-2)13-20-16(22)21-17-19-12-15(24-17)14-8-6-5-7-9-14/h5-9,12,23H,3-4,10-11,13H2,1-2H3,(H2,19,20,21,22). The van der Waals surface area contributed by atoms with Crippen LogP contribution < -0.4 is 10.6 Å². The van der Waals surface area contributed by atoms with Gasteiger partial charge in [-0.1, -0.05) is 68.4 Å². The van der Waals surface area contributed by atoms with Gasteiger partial charge in [0.1, 0.15) is 0 Å². The Labute approximate surface area is 147 Å². The van der Waals surface area contributed by atoms with Crippen LogP contribution in [-0.2, 0) is 0 Å². The van der Waals surface area contributed by atoms with Crippen molar-refractivity contribution in [2.45, 2.75) is 45.1 Å². The minimum atomic E-state index is -0.834. The van der Waals surface area contributed by atoms with Crippen molar-refractivity contribution in [3.05, 3.63) is 36.5 Å². The van der Waals surface area contributed by atoms with Gasteiger partial charge in [0.25, 0.3) is 0 Å². The quantitative estimate of drug-likeness (QED) is 0.668. The third kappa shape index (κ3) is 5.32. The molecule has 0 unspecified atom stereocenters. The van der Waals surface area contributed by atoms with E-state index in [0.29, 0.717) is 18.0 Å². The summed E-state index contributed by atoms with van der Waals surface area (Å²) in [5, 5.41) is 16.6. The highest BCUT2D eigenvalue weighted by Crippen LogP contribution is 2.28. The molecular formula is C18H25N3O2S. The first-order valence-corrected chi connectivity index (χ1v) is 9.16. The molecular weight excluding hydrogens is 322 g/mol. The molecule has 2 rings (SSSR count). The summed E-state index contributed by atoms with van der Waals surface area (Å²) >= 11 is 1.42. The number of nitrogens with zero attached hydrogens (tertiary/aromatic N) is 1. The number of amides is 2. The molecule has 24 heavy (non-hydrogen) atoms. The zero-order valence-corrected chi connectivity index (χ0v) is 15.0. The van der Waals surface area contributed by atoms with Gasteiger partial charge in [-0.05, 0) is 18.4 Å². The average molecular weight is 347 g/mol. The van der Waals surface area contributed by atoms with Crippen LogP contribution in [0.25, 0.3) is 10.4 Å². The summed E-state index contributed by atoms with van der Waals surface area (Å²) in [5.74, 6) is 0. The summed E-state index contributed by atoms with van der Waals surface area (Å²) in [7, 11) is 0. The molecule has 5 nitrogen and oxygen atoms in total. The van der Waals surface area contributed by atoms with E-state index in [1.165, 1.54) is 11.3 Å². The zero-order chi connectivity index (χ0) is 17.4. The maximum absolute atomic E-state index is 12.0. The number of rotatable bonds is 8. The van der Waals surface area contributed by atoms with E-state index in [1.807, 2.05) is 44.2 Å². The number of carbonyl (C=O) groups is 1. The number of hydrogen-bond donors (Lipinski definition) is 3. The minimum absolute atomic E-state index is 0.247. The van der Waals surface area contributed by atoms with E-state index in [0.717, 1.165) is 23.3 Å². The van der Waals surface area contributed by atoms with Gasteiger partial charge in [-0.2, -0.15) is 0 Å². The molecule has 130 valence electrons. The molecule has 0 aliphatic carbocycles. The van der Waals surface area contributed by atoms with Crippen LogP contribution in [0.4, 0.5) is 9.93 Å². The van der Waals surface area contributed by atoms with Gasteiger partial charge < -0.3 is 10.4 Å². The molecule has 1 aromatic carbocycles. The Hall–Kier alpha value is -1.92. The minimum Gasteiger partial charge on any atom is -0.388 e. The molecule has 2 aromatic rings. The molecule has 2 amide bonds. The van der Waals surface area contributed by atoms with Gasteiger partial charge >= 0.3 is 6.03 Å². The third-order valence-electron chi connectivity index (χ3n) is 3.79. The first-order valence-electron chi connectivity index (χ1n) is 8.35. The Morgan fingerprint density at radius 1 is 1.21 bits per heavy atom. The lowest BCUT2D eigenvalue weighted by Gasteiger charge is -2.27. The Bertz CT molecular complexity index is 637. The number of carbonyl (C=O) groups excluding carboxylic acids is 1. The molecule has 0 fully saturated rings. The SMILES string of the molecule is CCCC(O)(CCC)CNC(=O)Nc1ncc(-c2ccccc2)s1. The summed E-state index contributed by atoms with van der Waals surface area (Å²) in [6.45, 7) is 4.31. The summed E-state index contributed by atoms with van der Waals surface area (Å²) < 4.78 is 0. The Morgan fingerprint density at radius 2 is 1.88 bits per heavy atom. The second-order valence-corrected chi connectivity index (χ2v) is 6.96. The summed E-state index contributed by atoms with van der Waals surface area (Å²) in [6, 6.07) is 9.58. The molecule has 6 heteroatoms. The largest absolute Gasteiger partial charge is 0.388 e. The zero-order valence-electron chi connectivity index (χ0n) is 14.2. The van der Waals surface area contributed by atoms with Gasteiger partial charge in [-0.15, -0.1) is 0 Å². The van der Waals surface area contributed by atoms with Crippen LogP contribution in [0, 0.1) is 0 Å². The molecule has 0 aliphatic heterocycles. The van der Waals surface area contributed by atoms with E-state index in [4.69, 9.17) is 0 Å². The van der Waals surface area contributed by atoms with Crippen molar-refractivity contribution in [1.82, 2.24) is 10.3 Å². The molecule has 0 saturated carbocycles. The van der Waals surface area contributed by atoms with E-state index in [-0.39, 0.29) is 12.6 Å². The predicted octanol–water partition coefficient (Wildman–Crippen LogP) is 4.26. The topological polar surface area (TPSA) is 74.2 Å². The smallest absolute Gasteiger partial charge is 0.321 e. The monoisotopic (exact) mass is 347 g/mol. The fraction of sp³-hybridized carbons (Fsp3) is 0.444. The second-order valence-electron chi connectivity index (χ2n) is 5.93. The molecule has 0 aliphatic rings. The second kappa shape index (κ2) is 8.80. The highest BCUT2D eigenvalue weighted by Gasteiger charge is 2.25. The van der Waals surface area contributed by atoms with Crippen molar-refractivity contribution in [1.29, 1.82) is 0 Å². The fourth-order valence-corrected chi connectivity index (χ4v) is 3.50. The van der Waals surface area contributed by atoms with Crippen molar-refractivity contribution in [2.75, 3.05) is 11.9 Å². The van der Waals surface area contributed by atoms with E-state index in [2.05, 4.69) is 15.6 Å². The predicted molar refractivity (Wildman–Crippen MR) is 99.3 cm³/mol. The van der Waals surface area contributed by atoms with E-state index in [9.17, 15) is 9.90 Å². The number of aliphatic hydroxyl groups is 1. The van der Waals surface area contributed by atoms with Gasteiger partial charge in [-0.3, -0.25) is 5.32 Å². The highest BCUT2D eigenvalue weighted by atomic mass is 32.1. The lowest BCUT2D eigenvalue weighted by atomic mass is 9.93. The van der Waals surface area contributed by atoms with Crippen molar-refractivity contribution < 1.29 is 9.90 Å². The first-order chi connectivity index (χ1) is 11.6.